The number of nitrogens with zero attached hydrogens (tertiary/aromatic N) is 1. The van der Waals surface area contributed by atoms with Crippen molar-refractivity contribution in [3.05, 3.63) is 57.8 Å². The van der Waals surface area contributed by atoms with Crippen LogP contribution in [0.1, 0.15) is 23.5 Å². The quantitative estimate of drug-likeness (QED) is 0.892. The molecule has 5 nitrogen and oxygen atoms in total. The van der Waals surface area contributed by atoms with Gasteiger partial charge in [0.1, 0.15) is 5.82 Å². The van der Waals surface area contributed by atoms with Gasteiger partial charge >= 0.3 is 0 Å². The molecular formula is C15H17N3O2. The number of anilines is 1. The fraction of sp³-hybridized carbons (Fsp3) is 0.267. The van der Waals surface area contributed by atoms with E-state index in [1.54, 1.807) is 13.8 Å². The first-order chi connectivity index (χ1) is 9.56. The molecule has 5 heteroatoms. The molecule has 104 valence electrons. The van der Waals surface area contributed by atoms with Gasteiger partial charge in [0.15, 0.2) is 0 Å². The number of carbonyl (C=O) groups is 1. The first-order valence-corrected chi connectivity index (χ1v) is 6.47. The number of benzene rings is 1. The average molecular weight is 271 g/mol. The minimum atomic E-state index is -0.164. The fourth-order valence-corrected chi connectivity index (χ4v) is 2.03. The van der Waals surface area contributed by atoms with Crippen LogP contribution in [0.2, 0.25) is 0 Å². The lowest BCUT2D eigenvalue weighted by molar-refractivity contribution is -0.116. The smallest absolute Gasteiger partial charge is 0.254 e. The summed E-state index contributed by atoms with van der Waals surface area (Å²) in [4.78, 5) is 30.5. The summed E-state index contributed by atoms with van der Waals surface area (Å²) in [5, 5.41) is 2.79. The molecule has 0 fully saturated rings. The topological polar surface area (TPSA) is 74.8 Å². The Balaban J connectivity index is 1.99. The maximum atomic E-state index is 11.8. The predicted octanol–water partition coefficient (Wildman–Crippen LogP) is 1.96. The van der Waals surface area contributed by atoms with Crippen LogP contribution in [-0.2, 0) is 11.2 Å². The molecule has 2 aromatic rings. The van der Waals surface area contributed by atoms with Gasteiger partial charge < -0.3 is 10.3 Å². The van der Waals surface area contributed by atoms with Gasteiger partial charge in [-0.1, -0.05) is 18.2 Å². The van der Waals surface area contributed by atoms with Gasteiger partial charge in [0.25, 0.3) is 5.56 Å². The summed E-state index contributed by atoms with van der Waals surface area (Å²) >= 11 is 0. The third kappa shape index (κ3) is 3.54. The summed E-state index contributed by atoms with van der Waals surface area (Å²) in [7, 11) is 0. The zero-order chi connectivity index (χ0) is 14.5. The largest absolute Gasteiger partial charge is 0.326 e. The number of nitrogens with one attached hydrogen (secondary N) is 2. The molecule has 1 aromatic heterocycles. The Labute approximate surface area is 117 Å². The Kier molecular flexibility index (Phi) is 4.30. The van der Waals surface area contributed by atoms with E-state index in [0.717, 1.165) is 5.69 Å². The van der Waals surface area contributed by atoms with Gasteiger partial charge in [-0.25, -0.2) is 4.98 Å². The molecule has 0 spiro atoms. The van der Waals surface area contributed by atoms with Gasteiger partial charge in [-0.3, -0.25) is 9.59 Å². The lowest BCUT2D eigenvalue weighted by Gasteiger charge is -2.06. The number of aryl methyl sites for hydroxylation is 2. The Morgan fingerprint density at radius 2 is 1.95 bits per heavy atom. The van der Waals surface area contributed by atoms with E-state index in [9.17, 15) is 9.59 Å². The number of rotatable bonds is 4. The molecule has 0 saturated heterocycles. The van der Waals surface area contributed by atoms with Gasteiger partial charge in [0.05, 0.1) is 0 Å². The van der Waals surface area contributed by atoms with E-state index in [0.29, 0.717) is 23.5 Å². The van der Waals surface area contributed by atoms with Crippen LogP contribution in [0.3, 0.4) is 0 Å². The zero-order valence-corrected chi connectivity index (χ0v) is 11.6. The molecule has 0 radical (unpaired) electrons. The lowest BCUT2D eigenvalue weighted by Crippen LogP contribution is -2.20. The Morgan fingerprint density at radius 3 is 2.60 bits per heavy atom. The van der Waals surface area contributed by atoms with Crippen LogP contribution in [0, 0.1) is 13.8 Å². The normalized spacial score (nSPS) is 10.3. The lowest BCUT2D eigenvalue weighted by atomic mass is 10.1. The minimum absolute atomic E-state index is 0.115. The van der Waals surface area contributed by atoms with Crippen LogP contribution in [0.15, 0.2) is 35.1 Å². The van der Waals surface area contributed by atoms with Gasteiger partial charge in [0.2, 0.25) is 5.91 Å². The number of aromatic nitrogens is 2. The molecule has 1 amide bonds. The van der Waals surface area contributed by atoms with E-state index in [1.807, 2.05) is 30.3 Å². The van der Waals surface area contributed by atoms with E-state index in [2.05, 4.69) is 15.3 Å². The SMILES string of the molecule is Cc1nc(C)c(CCC(=O)Nc2ccccc2)c(=O)[nH]1. The monoisotopic (exact) mass is 271 g/mol. The average Bonchev–Trinajstić information content (AvgIpc) is 2.38. The highest BCUT2D eigenvalue weighted by molar-refractivity contribution is 5.90. The Hall–Kier alpha value is -2.43. The number of para-hydroxylation sites is 1. The molecule has 0 aliphatic heterocycles. The van der Waals surface area contributed by atoms with Gasteiger partial charge in [0, 0.05) is 23.4 Å². The van der Waals surface area contributed by atoms with E-state index in [1.165, 1.54) is 0 Å². The highest BCUT2D eigenvalue weighted by atomic mass is 16.1. The Morgan fingerprint density at radius 1 is 1.25 bits per heavy atom. The first kappa shape index (κ1) is 14.0. The Bertz CT molecular complexity index is 663. The second-order valence-electron chi connectivity index (χ2n) is 4.63. The van der Waals surface area contributed by atoms with Crippen molar-refractivity contribution in [1.29, 1.82) is 0 Å². The van der Waals surface area contributed by atoms with E-state index >= 15 is 0 Å². The fourth-order valence-electron chi connectivity index (χ4n) is 2.03. The summed E-state index contributed by atoms with van der Waals surface area (Å²) in [6.45, 7) is 3.52. The standard InChI is InChI=1S/C15H17N3O2/c1-10-13(15(20)17-11(2)16-10)8-9-14(19)18-12-6-4-3-5-7-12/h3-7H,8-9H2,1-2H3,(H,18,19)(H,16,17,20). The number of hydrogen-bond donors (Lipinski definition) is 2. The second kappa shape index (κ2) is 6.14. The van der Waals surface area contributed by atoms with Gasteiger partial charge in [-0.15, -0.1) is 0 Å². The van der Waals surface area contributed by atoms with E-state index in [-0.39, 0.29) is 17.9 Å². The molecule has 0 aliphatic rings. The number of amides is 1. The molecule has 20 heavy (non-hydrogen) atoms. The molecule has 1 heterocycles. The minimum Gasteiger partial charge on any atom is -0.326 e. The predicted molar refractivity (Wildman–Crippen MR) is 77.7 cm³/mol. The summed E-state index contributed by atoms with van der Waals surface area (Å²) < 4.78 is 0. The van der Waals surface area contributed by atoms with E-state index in [4.69, 9.17) is 0 Å². The van der Waals surface area contributed by atoms with Crippen LogP contribution >= 0.6 is 0 Å². The number of aromatic amines is 1. The van der Waals surface area contributed by atoms with Crippen molar-refractivity contribution < 1.29 is 4.79 Å². The van der Waals surface area contributed by atoms with Crippen molar-refractivity contribution >= 4 is 11.6 Å². The number of H-pyrrole nitrogens is 1. The highest BCUT2D eigenvalue weighted by Crippen LogP contribution is 2.07. The van der Waals surface area contributed by atoms with Crippen molar-refractivity contribution in [2.45, 2.75) is 26.7 Å². The molecule has 1 aromatic carbocycles. The molecule has 0 aliphatic carbocycles. The first-order valence-electron chi connectivity index (χ1n) is 6.47. The van der Waals surface area contributed by atoms with Crippen LogP contribution in [0.4, 0.5) is 5.69 Å². The van der Waals surface area contributed by atoms with Crippen LogP contribution in [0.5, 0.6) is 0 Å². The third-order valence-corrected chi connectivity index (χ3v) is 3.00. The molecular weight excluding hydrogens is 254 g/mol. The van der Waals surface area contributed by atoms with Crippen molar-refractivity contribution in [2.24, 2.45) is 0 Å². The molecule has 0 atom stereocenters. The second-order valence-corrected chi connectivity index (χ2v) is 4.63. The van der Waals surface area contributed by atoms with Crippen molar-refractivity contribution in [3.63, 3.8) is 0 Å². The maximum Gasteiger partial charge on any atom is 0.254 e. The zero-order valence-electron chi connectivity index (χ0n) is 11.6. The molecule has 0 unspecified atom stereocenters. The highest BCUT2D eigenvalue weighted by Gasteiger charge is 2.09. The molecule has 2 rings (SSSR count). The van der Waals surface area contributed by atoms with E-state index < -0.39 is 0 Å². The number of hydrogen-bond acceptors (Lipinski definition) is 3. The maximum absolute atomic E-state index is 11.8. The van der Waals surface area contributed by atoms with Crippen LogP contribution in [-0.4, -0.2) is 15.9 Å². The molecule has 2 N–H and O–H groups in total. The molecule has 0 bridgehead atoms. The third-order valence-electron chi connectivity index (χ3n) is 3.00. The molecule has 0 saturated carbocycles. The van der Waals surface area contributed by atoms with Crippen molar-refractivity contribution in [1.82, 2.24) is 9.97 Å². The van der Waals surface area contributed by atoms with Gasteiger partial charge in [-0.05, 0) is 32.4 Å². The van der Waals surface area contributed by atoms with Crippen molar-refractivity contribution in [2.75, 3.05) is 5.32 Å². The van der Waals surface area contributed by atoms with Crippen LogP contribution in [0.25, 0.3) is 0 Å². The summed E-state index contributed by atoms with van der Waals surface area (Å²) in [5.41, 5.74) is 1.84. The van der Waals surface area contributed by atoms with Crippen LogP contribution < -0.4 is 10.9 Å². The summed E-state index contributed by atoms with van der Waals surface area (Å²) in [6, 6.07) is 9.24. The van der Waals surface area contributed by atoms with Crippen molar-refractivity contribution in [3.8, 4) is 0 Å². The summed E-state index contributed by atoms with van der Waals surface area (Å²) in [5.74, 6) is 0.473. The number of carbonyl (C=O) groups excluding carboxylic acids is 1. The van der Waals surface area contributed by atoms with Gasteiger partial charge in [-0.2, -0.15) is 0 Å². The summed E-state index contributed by atoms with van der Waals surface area (Å²) in [6.07, 6.45) is 0.636.